The quantitative estimate of drug-likeness (QED) is 0.648. The summed E-state index contributed by atoms with van der Waals surface area (Å²) in [6.45, 7) is 5.87. The number of aromatic nitrogens is 1. The van der Waals surface area contributed by atoms with Gasteiger partial charge in [0.25, 0.3) is 0 Å². The lowest BCUT2D eigenvalue weighted by molar-refractivity contribution is 0.268. The van der Waals surface area contributed by atoms with Gasteiger partial charge in [-0.05, 0) is 42.8 Å². The summed E-state index contributed by atoms with van der Waals surface area (Å²) in [7, 11) is 0. The highest BCUT2D eigenvalue weighted by atomic mass is 16.3. The van der Waals surface area contributed by atoms with E-state index in [1.807, 2.05) is 24.3 Å². The molecular weight excluding hydrogens is 354 g/mol. The minimum absolute atomic E-state index is 0.478. The Morgan fingerprint density at radius 2 is 1.75 bits per heavy atom. The third-order valence-corrected chi connectivity index (χ3v) is 5.05. The Bertz CT molecular complexity index is 958. The van der Waals surface area contributed by atoms with Crippen molar-refractivity contribution in [2.45, 2.75) is 33.0 Å². The van der Waals surface area contributed by atoms with Crippen LogP contribution < -0.4 is 10.6 Å². The summed E-state index contributed by atoms with van der Waals surface area (Å²) < 4.78 is 10.8. The Labute approximate surface area is 164 Å². The average Bonchev–Trinajstić information content (AvgIpc) is 3.43. The second kappa shape index (κ2) is 8.19. The molecule has 0 unspecified atom stereocenters. The van der Waals surface area contributed by atoms with Crippen molar-refractivity contribution in [2.75, 3.05) is 23.7 Å². The van der Waals surface area contributed by atoms with Gasteiger partial charge in [0, 0.05) is 18.7 Å². The highest BCUT2D eigenvalue weighted by molar-refractivity contribution is 5.66. The van der Waals surface area contributed by atoms with Crippen LogP contribution in [-0.4, -0.2) is 23.0 Å². The van der Waals surface area contributed by atoms with Crippen LogP contribution in [0.15, 0.2) is 45.6 Å². The van der Waals surface area contributed by atoms with Crippen LogP contribution in [0.5, 0.6) is 0 Å². The van der Waals surface area contributed by atoms with E-state index in [-0.39, 0.29) is 0 Å². The SMILES string of the molecule is CCN1CCc2c(C#N)c(NCc3ccco3)nc(NCc3ccco3)c2C1. The molecule has 0 saturated heterocycles. The van der Waals surface area contributed by atoms with Crippen LogP contribution in [0.4, 0.5) is 11.6 Å². The number of rotatable bonds is 7. The maximum atomic E-state index is 9.82. The first-order chi connectivity index (χ1) is 13.8. The standard InChI is InChI=1S/C21H23N5O2/c1-2-26-8-7-17-18(11-22)20(23-12-15-5-3-9-27-15)25-21(19(17)14-26)24-13-16-6-4-10-28-16/h3-6,9-10H,2,7-8,12-14H2,1H3,(H2,23,24,25). The average molecular weight is 377 g/mol. The Kier molecular flexibility index (Phi) is 5.31. The van der Waals surface area contributed by atoms with Gasteiger partial charge >= 0.3 is 0 Å². The number of nitrogens with zero attached hydrogens (tertiary/aromatic N) is 3. The molecule has 3 aromatic heterocycles. The first-order valence-electron chi connectivity index (χ1n) is 9.49. The van der Waals surface area contributed by atoms with Crippen LogP contribution in [0.2, 0.25) is 0 Å². The molecule has 0 bridgehead atoms. The van der Waals surface area contributed by atoms with E-state index < -0.39 is 0 Å². The molecule has 0 amide bonds. The molecule has 1 aliphatic rings. The fourth-order valence-corrected chi connectivity index (χ4v) is 3.52. The molecule has 0 fully saturated rings. The van der Waals surface area contributed by atoms with Crippen molar-refractivity contribution in [1.82, 2.24) is 9.88 Å². The molecule has 0 aliphatic carbocycles. The Morgan fingerprint density at radius 1 is 1.07 bits per heavy atom. The summed E-state index contributed by atoms with van der Waals surface area (Å²) in [5.41, 5.74) is 2.80. The number of nitrogens with one attached hydrogen (secondary N) is 2. The zero-order valence-corrected chi connectivity index (χ0v) is 15.9. The van der Waals surface area contributed by atoms with Crippen LogP contribution in [-0.2, 0) is 26.1 Å². The van der Waals surface area contributed by atoms with Gasteiger partial charge in [0.15, 0.2) is 0 Å². The highest BCUT2D eigenvalue weighted by Gasteiger charge is 2.25. The zero-order valence-electron chi connectivity index (χ0n) is 15.9. The summed E-state index contributed by atoms with van der Waals surface area (Å²) >= 11 is 0. The number of fused-ring (bicyclic) bond motifs is 1. The number of anilines is 2. The van der Waals surface area contributed by atoms with Gasteiger partial charge in [0.2, 0.25) is 0 Å². The summed E-state index contributed by atoms with van der Waals surface area (Å²) in [5.74, 6) is 3.02. The van der Waals surface area contributed by atoms with Crippen LogP contribution in [0.3, 0.4) is 0 Å². The lowest BCUT2D eigenvalue weighted by atomic mass is 9.95. The van der Waals surface area contributed by atoms with Crippen LogP contribution >= 0.6 is 0 Å². The molecule has 0 atom stereocenters. The van der Waals surface area contributed by atoms with Crippen molar-refractivity contribution < 1.29 is 8.83 Å². The molecule has 0 aromatic carbocycles. The molecule has 7 nitrogen and oxygen atoms in total. The van der Waals surface area contributed by atoms with Crippen molar-refractivity contribution in [3.05, 3.63) is 65.0 Å². The van der Waals surface area contributed by atoms with Crippen molar-refractivity contribution in [3.8, 4) is 6.07 Å². The topological polar surface area (TPSA) is 90.3 Å². The summed E-state index contributed by atoms with van der Waals surface area (Å²) in [6.07, 6.45) is 4.13. The monoisotopic (exact) mass is 377 g/mol. The molecular formula is C21H23N5O2. The molecule has 7 heteroatoms. The molecule has 4 heterocycles. The van der Waals surface area contributed by atoms with Crippen LogP contribution in [0, 0.1) is 11.3 Å². The van der Waals surface area contributed by atoms with Crippen molar-refractivity contribution in [2.24, 2.45) is 0 Å². The fourth-order valence-electron chi connectivity index (χ4n) is 3.52. The Hall–Kier alpha value is -3.24. The van der Waals surface area contributed by atoms with E-state index in [4.69, 9.17) is 13.8 Å². The van der Waals surface area contributed by atoms with Gasteiger partial charge in [-0.15, -0.1) is 0 Å². The van der Waals surface area contributed by atoms with Gasteiger partial charge < -0.3 is 19.5 Å². The minimum Gasteiger partial charge on any atom is -0.467 e. The summed E-state index contributed by atoms with van der Waals surface area (Å²) in [5, 5.41) is 16.5. The minimum atomic E-state index is 0.478. The molecule has 0 saturated carbocycles. The highest BCUT2D eigenvalue weighted by Crippen LogP contribution is 2.32. The van der Waals surface area contributed by atoms with Gasteiger partial charge in [-0.1, -0.05) is 6.92 Å². The van der Waals surface area contributed by atoms with E-state index in [0.29, 0.717) is 24.5 Å². The third-order valence-electron chi connectivity index (χ3n) is 5.05. The summed E-state index contributed by atoms with van der Waals surface area (Å²) in [6, 6.07) is 9.90. The second-order valence-corrected chi connectivity index (χ2v) is 6.74. The van der Waals surface area contributed by atoms with Gasteiger partial charge in [-0.3, -0.25) is 4.90 Å². The Morgan fingerprint density at radius 3 is 2.32 bits per heavy atom. The lowest BCUT2D eigenvalue weighted by Gasteiger charge is -2.30. The smallest absolute Gasteiger partial charge is 0.147 e. The molecule has 28 heavy (non-hydrogen) atoms. The lowest BCUT2D eigenvalue weighted by Crippen LogP contribution is -2.32. The van der Waals surface area contributed by atoms with Crippen molar-refractivity contribution in [3.63, 3.8) is 0 Å². The van der Waals surface area contributed by atoms with E-state index in [0.717, 1.165) is 54.5 Å². The normalized spacial score (nSPS) is 13.7. The number of nitriles is 1. The van der Waals surface area contributed by atoms with Crippen molar-refractivity contribution in [1.29, 1.82) is 5.26 Å². The molecule has 0 radical (unpaired) electrons. The number of likely N-dealkylation sites (N-methyl/N-ethyl adjacent to an activating group) is 1. The molecule has 3 aromatic rings. The third kappa shape index (κ3) is 3.73. The van der Waals surface area contributed by atoms with Crippen LogP contribution in [0.1, 0.15) is 35.1 Å². The van der Waals surface area contributed by atoms with Gasteiger partial charge in [-0.25, -0.2) is 4.98 Å². The first kappa shape index (κ1) is 18.1. The number of furan rings is 2. The van der Waals surface area contributed by atoms with E-state index in [1.165, 1.54) is 0 Å². The Balaban J connectivity index is 1.67. The maximum Gasteiger partial charge on any atom is 0.147 e. The predicted octanol–water partition coefficient (Wildman–Crippen LogP) is 3.74. The largest absolute Gasteiger partial charge is 0.467 e. The maximum absolute atomic E-state index is 9.82. The first-order valence-corrected chi connectivity index (χ1v) is 9.49. The molecule has 2 N–H and O–H groups in total. The molecule has 4 rings (SSSR count). The van der Waals surface area contributed by atoms with Gasteiger partial charge in [0.1, 0.15) is 29.2 Å². The molecule has 1 aliphatic heterocycles. The number of hydrogen-bond donors (Lipinski definition) is 2. The van der Waals surface area contributed by atoms with E-state index >= 15 is 0 Å². The predicted molar refractivity (Wildman–Crippen MR) is 106 cm³/mol. The zero-order chi connectivity index (χ0) is 19.3. The van der Waals surface area contributed by atoms with E-state index in [2.05, 4.69) is 28.5 Å². The van der Waals surface area contributed by atoms with Crippen molar-refractivity contribution >= 4 is 11.6 Å². The molecule has 144 valence electrons. The molecule has 0 spiro atoms. The number of pyridine rings is 1. The van der Waals surface area contributed by atoms with E-state index in [1.54, 1.807) is 12.5 Å². The number of hydrogen-bond acceptors (Lipinski definition) is 7. The summed E-state index contributed by atoms with van der Waals surface area (Å²) in [4.78, 5) is 7.13. The van der Waals surface area contributed by atoms with E-state index in [9.17, 15) is 5.26 Å². The van der Waals surface area contributed by atoms with Gasteiger partial charge in [-0.2, -0.15) is 5.26 Å². The van der Waals surface area contributed by atoms with Crippen LogP contribution in [0.25, 0.3) is 0 Å². The second-order valence-electron chi connectivity index (χ2n) is 6.74. The fraction of sp³-hybridized carbons (Fsp3) is 0.333. The van der Waals surface area contributed by atoms with Gasteiger partial charge in [0.05, 0.1) is 31.2 Å².